The van der Waals surface area contributed by atoms with Gasteiger partial charge in [0.1, 0.15) is 5.78 Å². The minimum atomic E-state index is -4.37. The summed E-state index contributed by atoms with van der Waals surface area (Å²) in [4.78, 5) is 34.0. The Morgan fingerprint density at radius 3 is 2.50 bits per heavy atom. The van der Waals surface area contributed by atoms with Crippen molar-refractivity contribution >= 4 is 19.5 Å². The highest BCUT2D eigenvalue weighted by Gasteiger charge is 2.37. The van der Waals surface area contributed by atoms with Crippen LogP contribution in [0.15, 0.2) is 30.3 Å². The van der Waals surface area contributed by atoms with Crippen LogP contribution in [0.1, 0.15) is 52.4 Å². The van der Waals surface area contributed by atoms with Crippen molar-refractivity contribution < 1.29 is 30.1 Å². The fourth-order valence-corrected chi connectivity index (χ4v) is 4.30. The quantitative estimate of drug-likeness (QED) is 0.270. The van der Waals surface area contributed by atoms with Crippen molar-refractivity contribution in [1.29, 1.82) is 0 Å². The molecule has 0 saturated carbocycles. The first kappa shape index (κ1) is 24.3. The first-order chi connectivity index (χ1) is 13.3. The lowest BCUT2D eigenvalue weighted by atomic mass is 10.1. The molecule has 1 aromatic carbocycles. The van der Waals surface area contributed by atoms with E-state index in [1.165, 1.54) is 0 Å². The number of amides is 1. The van der Waals surface area contributed by atoms with Crippen LogP contribution in [-0.4, -0.2) is 40.3 Å². The molecule has 1 aromatic rings. The topological polar surface area (TPSA) is 139 Å². The van der Waals surface area contributed by atoms with Gasteiger partial charge in [-0.15, -0.1) is 0 Å². The number of carboxylic acid groups (broad SMARTS) is 1. The Kier molecular flexibility index (Phi) is 11.0. The van der Waals surface area contributed by atoms with E-state index in [-0.39, 0.29) is 26.6 Å². The highest BCUT2D eigenvalue weighted by molar-refractivity contribution is 7.53. The fourth-order valence-electron chi connectivity index (χ4n) is 2.70. The second-order valence-corrected chi connectivity index (χ2v) is 8.60. The van der Waals surface area contributed by atoms with E-state index in [9.17, 15) is 24.2 Å². The lowest BCUT2D eigenvalue weighted by Gasteiger charge is -2.26. The molecule has 8 nitrogen and oxygen atoms in total. The molecule has 0 aliphatic rings. The van der Waals surface area contributed by atoms with Crippen LogP contribution in [-0.2, 0) is 25.1 Å². The van der Waals surface area contributed by atoms with Crippen LogP contribution in [0.4, 0.5) is 0 Å². The molecule has 3 unspecified atom stereocenters. The predicted octanol–water partition coefficient (Wildman–Crippen LogP) is 2.89. The van der Waals surface area contributed by atoms with Crippen LogP contribution in [0, 0.1) is 0 Å². The molecule has 0 bridgehead atoms. The van der Waals surface area contributed by atoms with E-state index >= 15 is 0 Å². The molecule has 1 rings (SSSR count). The lowest BCUT2D eigenvalue weighted by Crippen LogP contribution is -2.37. The summed E-state index contributed by atoms with van der Waals surface area (Å²) in [6, 6.07) is 9.43. The van der Waals surface area contributed by atoms with E-state index in [1.54, 1.807) is 6.92 Å². The van der Waals surface area contributed by atoms with Gasteiger partial charge in [0.25, 0.3) is 0 Å². The number of carbonyl (C=O) groups excluding carboxylic acids is 1. The molecule has 160 valence electrons. The molecule has 5 N–H and O–H groups in total. The van der Waals surface area contributed by atoms with E-state index < -0.39 is 25.5 Å². The van der Waals surface area contributed by atoms with E-state index in [1.807, 2.05) is 30.3 Å². The molecule has 0 spiro atoms. The van der Waals surface area contributed by atoms with Crippen molar-refractivity contribution in [1.82, 2.24) is 5.32 Å². The van der Waals surface area contributed by atoms with Gasteiger partial charge in [0.15, 0.2) is 6.10 Å². The van der Waals surface area contributed by atoms with Gasteiger partial charge in [0, 0.05) is 7.85 Å². The number of nitrogens with one attached hydrogen (secondary N) is 1. The zero-order chi connectivity index (χ0) is 21.0. The molecule has 0 saturated heterocycles. The van der Waals surface area contributed by atoms with Crippen molar-refractivity contribution in [3.8, 4) is 0 Å². The molecule has 1 amide bonds. The van der Waals surface area contributed by atoms with Gasteiger partial charge in [0.2, 0.25) is 5.91 Å². The zero-order valence-corrected chi connectivity index (χ0v) is 17.1. The number of hydrogen-bond donors (Lipinski definition) is 4. The number of aryl methyl sites for hydroxylation is 1. The van der Waals surface area contributed by atoms with Gasteiger partial charge < -0.3 is 21.1 Å². The highest BCUT2D eigenvalue weighted by Crippen LogP contribution is 2.49. The third-order valence-corrected chi connectivity index (χ3v) is 5.97. The van der Waals surface area contributed by atoms with Crippen LogP contribution in [0.5, 0.6) is 0 Å². The molecule has 28 heavy (non-hydrogen) atoms. The van der Waals surface area contributed by atoms with Crippen LogP contribution in [0.2, 0.25) is 0 Å². The number of carbonyl (C=O) groups is 2. The third kappa shape index (κ3) is 8.97. The molecular weight excluding hydrogens is 383 g/mol. The van der Waals surface area contributed by atoms with E-state index in [0.717, 1.165) is 5.56 Å². The highest BCUT2D eigenvalue weighted by atomic mass is 31.2. The Labute approximate surface area is 167 Å². The third-order valence-electron chi connectivity index (χ3n) is 4.24. The van der Waals surface area contributed by atoms with E-state index in [0.29, 0.717) is 32.2 Å². The maximum atomic E-state index is 12.7. The lowest BCUT2D eigenvalue weighted by molar-refractivity contribution is -0.145. The first-order valence-corrected chi connectivity index (χ1v) is 11.2. The number of aliphatic carboxylic acids is 1. The monoisotopic (exact) mass is 416 g/mol. The Morgan fingerprint density at radius 1 is 1.25 bits per heavy atom. The summed E-state index contributed by atoms with van der Waals surface area (Å²) < 4.78 is 17.8. The summed E-state index contributed by atoms with van der Waals surface area (Å²) in [7, 11) is -4.37. The van der Waals surface area contributed by atoms with E-state index in [2.05, 4.69) is 5.32 Å². The standard InChI is InChI=1S/C19H31N2O6P.H2/c1-2-8-18(21-17(22)13-12-15-9-4-3-5-10-15)28(25,26)27-16(19(23)24)11-6-7-14-20;/h3-5,9-10,16,18H,2,6-8,11-14,20H2,1H3,(H,21,22)(H,23,24)(H,25,26);1H. The molecule has 0 aliphatic heterocycles. The van der Waals surface area contributed by atoms with Crippen LogP contribution >= 0.6 is 7.60 Å². The molecular formula is C19H33N2O6P. The number of hydrogen-bond acceptors (Lipinski definition) is 5. The Hall–Kier alpha value is -1.73. The summed E-state index contributed by atoms with van der Waals surface area (Å²) in [5, 5.41) is 11.8. The van der Waals surface area contributed by atoms with Gasteiger partial charge in [-0.1, -0.05) is 43.7 Å². The van der Waals surface area contributed by atoms with Gasteiger partial charge in [-0.05, 0) is 44.2 Å². The summed E-state index contributed by atoms with van der Waals surface area (Å²) in [5.41, 5.74) is 6.38. The molecule has 0 fully saturated rings. The molecule has 0 aromatic heterocycles. The average Bonchev–Trinajstić information content (AvgIpc) is 2.66. The Balaban J connectivity index is 0.00000784. The number of unbranched alkanes of at least 4 members (excludes halogenated alkanes) is 1. The average molecular weight is 416 g/mol. The largest absolute Gasteiger partial charge is 0.479 e. The van der Waals surface area contributed by atoms with Crippen LogP contribution in [0.25, 0.3) is 0 Å². The van der Waals surface area contributed by atoms with Gasteiger partial charge in [-0.3, -0.25) is 13.9 Å². The SMILES string of the molecule is CCCC(NC(=O)CCc1ccccc1)P(=O)(O)OC(CCCCN)C(=O)O.[HH]. The Bertz CT molecular complexity index is 661. The maximum absolute atomic E-state index is 12.7. The van der Waals surface area contributed by atoms with Gasteiger partial charge in [0.05, 0.1) is 0 Å². The maximum Gasteiger partial charge on any atom is 0.351 e. The number of benzene rings is 1. The molecule has 0 heterocycles. The summed E-state index contributed by atoms with van der Waals surface area (Å²) in [6.45, 7) is 2.21. The van der Waals surface area contributed by atoms with Gasteiger partial charge in [-0.25, -0.2) is 4.79 Å². The van der Waals surface area contributed by atoms with Crippen LogP contribution < -0.4 is 11.1 Å². The second-order valence-electron chi connectivity index (χ2n) is 6.64. The van der Waals surface area contributed by atoms with Gasteiger partial charge >= 0.3 is 13.6 Å². The Morgan fingerprint density at radius 2 is 1.93 bits per heavy atom. The summed E-state index contributed by atoms with van der Waals surface area (Å²) in [6.07, 6.45) is 1.12. The zero-order valence-electron chi connectivity index (χ0n) is 16.3. The van der Waals surface area contributed by atoms with Gasteiger partial charge in [-0.2, -0.15) is 0 Å². The van der Waals surface area contributed by atoms with Crippen molar-refractivity contribution in [3.05, 3.63) is 35.9 Å². The molecule has 0 aliphatic carbocycles. The number of carboxylic acids is 1. The smallest absolute Gasteiger partial charge is 0.351 e. The molecule has 9 heteroatoms. The fraction of sp³-hybridized carbons (Fsp3) is 0.579. The predicted molar refractivity (Wildman–Crippen MR) is 109 cm³/mol. The van der Waals surface area contributed by atoms with Crippen molar-refractivity contribution in [2.24, 2.45) is 5.73 Å². The number of nitrogens with two attached hydrogens (primary N) is 1. The molecule has 3 atom stereocenters. The second kappa shape index (κ2) is 12.7. The number of rotatable bonds is 14. The normalized spacial score (nSPS) is 15.4. The summed E-state index contributed by atoms with van der Waals surface area (Å²) in [5.74, 6) is -2.83. The van der Waals surface area contributed by atoms with Crippen molar-refractivity contribution in [2.75, 3.05) is 6.54 Å². The summed E-state index contributed by atoms with van der Waals surface area (Å²) >= 11 is 0. The minimum Gasteiger partial charge on any atom is -0.479 e. The van der Waals surface area contributed by atoms with Crippen molar-refractivity contribution in [3.63, 3.8) is 0 Å². The van der Waals surface area contributed by atoms with Crippen molar-refractivity contribution in [2.45, 2.75) is 63.8 Å². The minimum absolute atomic E-state index is 0. The first-order valence-electron chi connectivity index (χ1n) is 9.57. The van der Waals surface area contributed by atoms with Crippen LogP contribution in [0.3, 0.4) is 0 Å². The van der Waals surface area contributed by atoms with E-state index in [4.69, 9.17) is 10.3 Å². The molecule has 0 radical (unpaired) electrons.